The second kappa shape index (κ2) is 3.98. The summed E-state index contributed by atoms with van der Waals surface area (Å²) >= 11 is 0. The Morgan fingerprint density at radius 3 is 2.56 bits per heavy atom. The molecule has 2 aliphatic carbocycles. The minimum Gasteiger partial charge on any atom is -0.0623 e. The SMILES string of the molecule is CC(C)C1(C)C2=CC=CC=C1c1ccccc1C2. The number of benzene rings is 1. The van der Waals surface area contributed by atoms with Crippen molar-refractivity contribution in [1.29, 1.82) is 0 Å². The van der Waals surface area contributed by atoms with E-state index in [1.165, 1.54) is 16.7 Å². The lowest BCUT2D eigenvalue weighted by Crippen LogP contribution is -2.32. The normalized spacial score (nSPS) is 25.3. The van der Waals surface area contributed by atoms with Gasteiger partial charge in [0.2, 0.25) is 0 Å². The molecule has 0 saturated heterocycles. The third-order valence-electron chi connectivity index (χ3n) is 4.74. The van der Waals surface area contributed by atoms with Crippen molar-refractivity contribution >= 4 is 5.57 Å². The molecule has 92 valence electrons. The zero-order chi connectivity index (χ0) is 12.8. The lowest BCUT2D eigenvalue weighted by atomic mass is 9.61. The molecule has 0 amide bonds. The summed E-state index contributed by atoms with van der Waals surface area (Å²) in [5, 5.41) is 0. The molecule has 0 radical (unpaired) electrons. The van der Waals surface area contributed by atoms with Crippen LogP contribution >= 0.6 is 0 Å². The fraction of sp³-hybridized carbons (Fsp3) is 0.333. The molecule has 2 bridgehead atoms. The Labute approximate surface area is 110 Å². The van der Waals surface area contributed by atoms with Gasteiger partial charge in [-0.3, -0.25) is 0 Å². The van der Waals surface area contributed by atoms with Crippen LogP contribution in [0.1, 0.15) is 31.9 Å². The number of allylic oxidation sites excluding steroid dienone is 6. The Kier molecular flexibility index (Phi) is 2.55. The van der Waals surface area contributed by atoms with Crippen LogP contribution in [0.25, 0.3) is 5.57 Å². The molecule has 0 aliphatic heterocycles. The second-order valence-electron chi connectivity index (χ2n) is 5.85. The van der Waals surface area contributed by atoms with Crippen molar-refractivity contribution in [2.75, 3.05) is 0 Å². The van der Waals surface area contributed by atoms with E-state index in [-0.39, 0.29) is 5.41 Å². The van der Waals surface area contributed by atoms with E-state index >= 15 is 0 Å². The Hall–Kier alpha value is -1.56. The molecule has 0 nitrogen and oxygen atoms in total. The third-order valence-corrected chi connectivity index (χ3v) is 4.74. The Morgan fingerprint density at radius 1 is 1.06 bits per heavy atom. The van der Waals surface area contributed by atoms with Crippen LogP contribution in [0.3, 0.4) is 0 Å². The summed E-state index contributed by atoms with van der Waals surface area (Å²) in [6.07, 6.45) is 10.1. The monoisotopic (exact) mass is 236 g/mol. The van der Waals surface area contributed by atoms with E-state index in [2.05, 4.69) is 69.3 Å². The van der Waals surface area contributed by atoms with Crippen LogP contribution in [-0.4, -0.2) is 0 Å². The van der Waals surface area contributed by atoms with Gasteiger partial charge in [0.25, 0.3) is 0 Å². The zero-order valence-corrected chi connectivity index (χ0v) is 11.4. The summed E-state index contributed by atoms with van der Waals surface area (Å²) in [7, 11) is 0. The topological polar surface area (TPSA) is 0 Å². The molecule has 0 heteroatoms. The van der Waals surface area contributed by atoms with Gasteiger partial charge in [-0.25, -0.2) is 0 Å². The minimum absolute atomic E-state index is 0.178. The van der Waals surface area contributed by atoms with E-state index < -0.39 is 0 Å². The smallest absolute Gasteiger partial charge is 0.0169 e. The van der Waals surface area contributed by atoms with E-state index in [1.807, 2.05) is 0 Å². The van der Waals surface area contributed by atoms with Gasteiger partial charge in [0.1, 0.15) is 0 Å². The number of fused-ring (bicyclic) bond motifs is 4. The largest absolute Gasteiger partial charge is 0.0623 e. The molecule has 1 aromatic carbocycles. The standard InChI is InChI=1S/C18H20/c1-13(2)18(3)15-9-5-7-11-17(18)16-10-6-4-8-14(16)12-15/h4-11,13H,12H2,1-3H3. The lowest BCUT2D eigenvalue weighted by molar-refractivity contribution is 0.363. The lowest BCUT2D eigenvalue weighted by Gasteiger charge is -2.43. The van der Waals surface area contributed by atoms with Gasteiger partial charge in [0.15, 0.2) is 0 Å². The Balaban J connectivity index is 2.30. The average molecular weight is 236 g/mol. The average Bonchev–Trinajstić information content (AvgIpc) is 2.46. The van der Waals surface area contributed by atoms with Gasteiger partial charge in [-0.05, 0) is 29.0 Å². The molecule has 1 atom stereocenters. The summed E-state index contributed by atoms with van der Waals surface area (Å²) in [6, 6.07) is 8.85. The van der Waals surface area contributed by atoms with Gasteiger partial charge in [-0.1, -0.05) is 74.9 Å². The van der Waals surface area contributed by atoms with E-state index in [0.29, 0.717) is 5.92 Å². The first-order valence-electron chi connectivity index (χ1n) is 6.81. The summed E-state index contributed by atoms with van der Waals surface area (Å²) in [6.45, 7) is 7.07. The molecule has 1 aromatic rings. The van der Waals surface area contributed by atoms with Crippen LogP contribution in [0.4, 0.5) is 0 Å². The molecule has 1 unspecified atom stereocenters. The van der Waals surface area contributed by atoms with Gasteiger partial charge in [-0.15, -0.1) is 0 Å². The zero-order valence-electron chi connectivity index (χ0n) is 11.4. The number of hydrogen-bond donors (Lipinski definition) is 0. The van der Waals surface area contributed by atoms with E-state index in [4.69, 9.17) is 0 Å². The summed E-state index contributed by atoms with van der Waals surface area (Å²) < 4.78 is 0. The predicted molar refractivity (Wildman–Crippen MR) is 78.3 cm³/mol. The first kappa shape index (κ1) is 11.5. The van der Waals surface area contributed by atoms with Gasteiger partial charge in [-0.2, -0.15) is 0 Å². The molecule has 0 saturated carbocycles. The van der Waals surface area contributed by atoms with Crippen LogP contribution in [0.15, 0.2) is 54.1 Å². The number of rotatable bonds is 1. The van der Waals surface area contributed by atoms with Crippen LogP contribution in [0.5, 0.6) is 0 Å². The minimum atomic E-state index is 0.178. The van der Waals surface area contributed by atoms with Crippen molar-refractivity contribution in [1.82, 2.24) is 0 Å². The second-order valence-corrected chi connectivity index (χ2v) is 5.85. The molecule has 3 rings (SSSR count). The Morgan fingerprint density at radius 2 is 1.78 bits per heavy atom. The maximum Gasteiger partial charge on any atom is 0.0169 e. The van der Waals surface area contributed by atoms with Crippen LogP contribution < -0.4 is 0 Å². The maximum absolute atomic E-state index is 2.40. The molecule has 0 heterocycles. The quantitative estimate of drug-likeness (QED) is 0.658. The molecular weight excluding hydrogens is 216 g/mol. The van der Waals surface area contributed by atoms with E-state index in [1.54, 1.807) is 5.57 Å². The fourth-order valence-electron chi connectivity index (χ4n) is 3.28. The first-order chi connectivity index (χ1) is 8.64. The molecule has 18 heavy (non-hydrogen) atoms. The number of hydrogen-bond acceptors (Lipinski definition) is 0. The van der Waals surface area contributed by atoms with Crippen LogP contribution in [-0.2, 0) is 6.42 Å². The molecule has 0 spiro atoms. The van der Waals surface area contributed by atoms with Crippen molar-refractivity contribution in [3.8, 4) is 0 Å². The summed E-state index contributed by atoms with van der Waals surface area (Å²) in [5.74, 6) is 0.614. The van der Waals surface area contributed by atoms with Crippen molar-refractivity contribution in [3.63, 3.8) is 0 Å². The van der Waals surface area contributed by atoms with Gasteiger partial charge in [0, 0.05) is 5.41 Å². The summed E-state index contributed by atoms with van der Waals surface area (Å²) in [4.78, 5) is 0. The van der Waals surface area contributed by atoms with E-state index in [9.17, 15) is 0 Å². The third kappa shape index (κ3) is 1.45. The summed E-state index contributed by atoms with van der Waals surface area (Å²) in [5.41, 5.74) is 6.13. The van der Waals surface area contributed by atoms with E-state index in [0.717, 1.165) is 6.42 Å². The molecule has 2 aliphatic rings. The Bertz CT molecular complexity index is 569. The molecular formula is C18H20. The van der Waals surface area contributed by atoms with Gasteiger partial charge in [0.05, 0.1) is 0 Å². The maximum atomic E-state index is 2.40. The molecule has 0 fully saturated rings. The van der Waals surface area contributed by atoms with Crippen molar-refractivity contribution < 1.29 is 0 Å². The van der Waals surface area contributed by atoms with Gasteiger partial charge >= 0.3 is 0 Å². The highest BCUT2D eigenvalue weighted by atomic mass is 14.4. The molecule has 0 N–H and O–H groups in total. The van der Waals surface area contributed by atoms with Gasteiger partial charge < -0.3 is 0 Å². The highest BCUT2D eigenvalue weighted by Gasteiger charge is 2.40. The first-order valence-corrected chi connectivity index (χ1v) is 6.81. The van der Waals surface area contributed by atoms with Crippen LogP contribution in [0.2, 0.25) is 0 Å². The van der Waals surface area contributed by atoms with Crippen molar-refractivity contribution in [3.05, 3.63) is 65.3 Å². The predicted octanol–water partition coefficient (Wildman–Crippen LogP) is 4.78. The highest BCUT2D eigenvalue weighted by Crippen LogP contribution is 2.53. The van der Waals surface area contributed by atoms with Crippen molar-refractivity contribution in [2.45, 2.75) is 27.2 Å². The molecule has 0 aromatic heterocycles. The van der Waals surface area contributed by atoms with Crippen molar-refractivity contribution in [2.24, 2.45) is 11.3 Å². The van der Waals surface area contributed by atoms with Crippen LogP contribution in [0, 0.1) is 11.3 Å². The highest BCUT2D eigenvalue weighted by molar-refractivity contribution is 5.80. The fourth-order valence-corrected chi connectivity index (χ4v) is 3.28.